The maximum Gasteiger partial charge on any atom is 0.261 e. The van der Waals surface area contributed by atoms with Gasteiger partial charge in [0, 0.05) is 6.54 Å². The zero-order chi connectivity index (χ0) is 17.3. The summed E-state index contributed by atoms with van der Waals surface area (Å²) in [5.74, 6) is 0. The number of aromatic nitrogens is 2. The maximum absolute atomic E-state index is 12.4. The summed E-state index contributed by atoms with van der Waals surface area (Å²) in [6, 6.07) is 11.3. The highest BCUT2D eigenvalue weighted by molar-refractivity contribution is 7.92. The molecule has 0 aliphatic carbocycles. The summed E-state index contributed by atoms with van der Waals surface area (Å²) >= 11 is 0. The summed E-state index contributed by atoms with van der Waals surface area (Å²) in [7, 11) is -3.68. The number of nitrogens with zero attached hydrogens (tertiary/aromatic N) is 2. The molecule has 1 heterocycles. The van der Waals surface area contributed by atoms with Gasteiger partial charge in [0.15, 0.2) is 0 Å². The van der Waals surface area contributed by atoms with Crippen molar-refractivity contribution in [2.24, 2.45) is 0 Å². The number of fused-ring (bicyclic) bond motifs is 1. The lowest BCUT2D eigenvalue weighted by atomic mass is 10.2. The molecule has 0 radical (unpaired) electrons. The minimum Gasteiger partial charge on any atom is -0.299 e. The van der Waals surface area contributed by atoms with Gasteiger partial charge in [-0.15, -0.1) is 0 Å². The van der Waals surface area contributed by atoms with Crippen LogP contribution in [0.5, 0.6) is 0 Å². The average Bonchev–Trinajstić information content (AvgIpc) is 2.55. The third-order valence-corrected chi connectivity index (χ3v) is 5.15. The first-order valence-electron chi connectivity index (χ1n) is 7.49. The maximum atomic E-state index is 12.4. The van der Waals surface area contributed by atoms with Gasteiger partial charge in [0.25, 0.3) is 15.6 Å². The molecule has 7 heteroatoms. The molecule has 0 aliphatic rings. The number of anilines is 1. The van der Waals surface area contributed by atoms with E-state index in [9.17, 15) is 13.2 Å². The second-order valence-electron chi connectivity index (χ2n) is 5.49. The van der Waals surface area contributed by atoms with Gasteiger partial charge >= 0.3 is 0 Å². The summed E-state index contributed by atoms with van der Waals surface area (Å²) in [5.41, 5.74) is 1.66. The molecule has 0 fully saturated rings. The molecule has 0 bridgehead atoms. The highest BCUT2D eigenvalue weighted by Gasteiger charge is 2.14. The molecule has 0 spiro atoms. The van der Waals surface area contributed by atoms with E-state index in [4.69, 9.17) is 0 Å². The Morgan fingerprint density at radius 2 is 1.83 bits per heavy atom. The lowest BCUT2D eigenvalue weighted by Crippen LogP contribution is -2.19. The molecular weight excluding hydrogens is 326 g/mol. The summed E-state index contributed by atoms with van der Waals surface area (Å²) in [4.78, 5) is 16.6. The Balaban J connectivity index is 1.98. The molecule has 2 aromatic carbocycles. The highest BCUT2D eigenvalue weighted by Crippen LogP contribution is 2.19. The summed E-state index contributed by atoms with van der Waals surface area (Å²) in [5, 5.41) is 0.456. The van der Waals surface area contributed by atoms with Gasteiger partial charge in [-0.1, -0.05) is 17.7 Å². The molecule has 6 nitrogen and oxygen atoms in total. The zero-order valence-corrected chi connectivity index (χ0v) is 14.2. The Labute approximate surface area is 139 Å². The molecule has 24 heavy (non-hydrogen) atoms. The Morgan fingerprint density at radius 3 is 2.50 bits per heavy atom. The van der Waals surface area contributed by atoms with Crippen LogP contribution >= 0.6 is 0 Å². The smallest absolute Gasteiger partial charge is 0.261 e. The zero-order valence-electron chi connectivity index (χ0n) is 13.4. The van der Waals surface area contributed by atoms with Gasteiger partial charge in [-0.3, -0.25) is 14.1 Å². The standard InChI is InChI=1S/C17H17N3O3S/c1-3-20-11-18-16-10-13(6-9-15(16)17(20)21)19-24(22,23)14-7-4-12(2)5-8-14/h4-11,19H,3H2,1-2H3. The van der Waals surface area contributed by atoms with Crippen molar-refractivity contribution in [1.29, 1.82) is 0 Å². The first-order chi connectivity index (χ1) is 11.4. The van der Waals surface area contributed by atoms with Gasteiger partial charge in [-0.2, -0.15) is 0 Å². The molecule has 0 amide bonds. The van der Waals surface area contributed by atoms with Crippen LogP contribution in [-0.4, -0.2) is 18.0 Å². The number of aryl methyl sites for hydroxylation is 2. The van der Waals surface area contributed by atoms with E-state index < -0.39 is 10.0 Å². The highest BCUT2D eigenvalue weighted by atomic mass is 32.2. The van der Waals surface area contributed by atoms with E-state index >= 15 is 0 Å². The third kappa shape index (κ3) is 3.03. The van der Waals surface area contributed by atoms with E-state index in [1.807, 2.05) is 13.8 Å². The fourth-order valence-corrected chi connectivity index (χ4v) is 3.43. The normalized spacial score (nSPS) is 11.6. The van der Waals surface area contributed by atoms with Crippen LogP contribution in [0.4, 0.5) is 5.69 Å². The Kier molecular flexibility index (Phi) is 4.11. The van der Waals surface area contributed by atoms with Crippen molar-refractivity contribution in [3.05, 3.63) is 64.7 Å². The number of sulfonamides is 1. The van der Waals surface area contributed by atoms with Crippen molar-refractivity contribution < 1.29 is 8.42 Å². The molecule has 0 unspecified atom stereocenters. The van der Waals surface area contributed by atoms with Gasteiger partial charge < -0.3 is 0 Å². The second kappa shape index (κ2) is 6.09. The lowest BCUT2D eigenvalue weighted by Gasteiger charge is -2.09. The van der Waals surface area contributed by atoms with E-state index in [2.05, 4.69) is 9.71 Å². The predicted molar refractivity (Wildman–Crippen MR) is 93.7 cm³/mol. The van der Waals surface area contributed by atoms with Crippen LogP contribution in [0.15, 0.2) is 58.5 Å². The van der Waals surface area contributed by atoms with Crippen LogP contribution in [0.25, 0.3) is 10.9 Å². The summed E-state index contributed by atoms with van der Waals surface area (Å²) in [6.07, 6.45) is 1.46. The fraction of sp³-hybridized carbons (Fsp3) is 0.176. The quantitative estimate of drug-likeness (QED) is 0.789. The number of rotatable bonds is 4. The molecule has 3 rings (SSSR count). The summed E-state index contributed by atoms with van der Waals surface area (Å²) in [6.45, 7) is 4.28. The number of hydrogen-bond acceptors (Lipinski definition) is 4. The topological polar surface area (TPSA) is 81.1 Å². The van der Waals surface area contributed by atoms with Crippen molar-refractivity contribution in [2.45, 2.75) is 25.3 Å². The third-order valence-electron chi connectivity index (χ3n) is 3.75. The fourth-order valence-electron chi connectivity index (χ4n) is 2.38. The van der Waals surface area contributed by atoms with E-state index in [-0.39, 0.29) is 10.5 Å². The largest absolute Gasteiger partial charge is 0.299 e. The molecule has 0 saturated heterocycles. The second-order valence-corrected chi connectivity index (χ2v) is 7.17. The molecular formula is C17H17N3O3S. The number of hydrogen-bond donors (Lipinski definition) is 1. The molecule has 1 N–H and O–H groups in total. The van der Waals surface area contributed by atoms with E-state index in [1.165, 1.54) is 10.9 Å². The first kappa shape index (κ1) is 16.2. The van der Waals surface area contributed by atoms with E-state index in [1.54, 1.807) is 42.5 Å². The van der Waals surface area contributed by atoms with Gasteiger partial charge in [-0.25, -0.2) is 13.4 Å². The van der Waals surface area contributed by atoms with Crippen molar-refractivity contribution in [2.75, 3.05) is 4.72 Å². The van der Waals surface area contributed by atoms with E-state index in [0.29, 0.717) is 23.1 Å². The minimum absolute atomic E-state index is 0.143. The lowest BCUT2D eigenvalue weighted by molar-refractivity contribution is 0.601. The van der Waals surface area contributed by atoms with Crippen LogP contribution in [0.2, 0.25) is 0 Å². The Hall–Kier alpha value is -2.67. The first-order valence-corrected chi connectivity index (χ1v) is 8.98. The molecule has 1 aromatic heterocycles. The monoisotopic (exact) mass is 343 g/mol. The molecule has 0 aliphatic heterocycles. The van der Waals surface area contributed by atoms with Crippen LogP contribution in [-0.2, 0) is 16.6 Å². The van der Waals surface area contributed by atoms with Crippen molar-refractivity contribution >= 4 is 26.6 Å². The van der Waals surface area contributed by atoms with Gasteiger partial charge in [0.1, 0.15) is 0 Å². The SMILES string of the molecule is CCn1cnc2cc(NS(=O)(=O)c3ccc(C)cc3)ccc2c1=O. The average molecular weight is 343 g/mol. The van der Waals surface area contributed by atoms with E-state index in [0.717, 1.165) is 5.56 Å². The Bertz CT molecular complexity index is 1050. The van der Waals surface area contributed by atoms with Crippen LogP contribution < -0.4 is 10.3 Å². The minimum atomic E-state index is -3.68. The van der Waals surface area contributed by atoms with Crippen molar-refractivity contribution in [1.82, 2.24) is 9.55 Å². The van der Waals surface area contributed by atoms with Crippen molar-refractivity contribution in [3.8, 4) is 0 Å². The van der Waals surface area contributed by atoms with Gasteiger partial charge in [0.2, 0.25) is 0 Å². The Morgan fingerprint density at radius 1 is 1.12 bits per heavy atom. The number of nitrogens with one attached hydrogen (secondary N) is 1. The number of benzene rings is 2. The van der Waals surface area contributed by atoms with Gasteiger partial charge in [0.05, 0.1) is 27.8 Å². The molecule has 0 saturated carbocycles. The van der Waals surface area contributed by atoms with Crippen LogP contribution in [0.1, 0.15) is 12.5 Å². The predicted octanol–water partition coefficient (Wildman–Crippen LogP) is 2.53. The summed E-state index contributed by atoms with van der Waals surface area (Å²) < 4.78 is 28.9. The molecule has 3 aromatic rings. The molecule has 0 atom stereocenters. The molecule has 124 valence electrons. The van der Waals surface area contributed by atoms with Crippen LogP contribution in [0, 0.1) is 6.92 Å². The van der Waals surface area contributed by atoms with Crippen LogP contribution in [0.3, 0.4) is 0 Å². The van der Waals surface area contributed by atoms with Crippen molar-refractivity contribution in [3.63, 3.8) is 0 Å². The van der Waals surface area contributed by atoms with Gasteiger partial charge in [-0.05, 0) is 44.2 Å².